The van der Waals surface area contributed by atoms with Crippen LogP contribution in [0.4, 0.5) is 0 Å². The number of fused-ring (bicyclic) bond motifs is 5. The van der Waals surface area contributed by atoms with Gasteiger partial charge in [0.05, 0.1) is 0 Å². The topological polar surface area (TPSA) is 65.2 Å². The van der Waals surface area contributed by atoms with Crippen molar-refractivity contribution in [1.82, 2.24) is 9.97 Å². The van der Waals surface area contributed by atoms with Crippen LogP contribution in [0.1, 0.15) is 0 Å². The van der Waals surface area contributed by atoms with Gasteiger partial charge >= 0.3 is 166 Å². The Hall–Kier alpha value is -3.33. The van der Waals surface area contributed by atoms with E-state index in [9.17, 15) is 0 Å². The van der Waals surface area contributed by atoms with E-state index in [2.05, 4.69) is 4.98 Å². The molecule has 2 heterocycles. The van der Waals surface area contributed by atoms with Crippen LogP contribution in [0.25, 0.3) is 44.1 Å². The van der Waals surface area contributed by atoms with E-state index in [1.54, 1.807) is 12.4 Å². The van der Waals surface area contributed by atoms with Gasteiger partial charge in [0.15, 0.2) is 0 Å². The molecule has 0 spiro atoms. The van der Waals surface area contributed by atoms with E-state index in [-0.39, 0.29) is 0 Å². The second-order valence-electron chi connectivity index (χ2n) is 6.18. The second kappa shape index (κ2) is 7.36. The Morgan fingerprint density at radius 2 is 1.18 bits per heavy atom. The normalized spacial score (nSPS) is 10.7. The zero-order valence-corrected chi connectivity index (χ0v) is 15.9. The van der Waals surface area contributed by atoms with E-state index in [0.29, 0.717) is 11.2 Å². The number of aromatic nitrogens is 2. The molecule has 0 saturated carbocycles. The summed E-state index contributed by atoms with van der Waals surface area (Å²) in [5.41, 5.74) is 3.33. The molecule has 28 heavy (non-hydrogen) atoms. The molecule has 0 saturated heterocycles. The molecule has 5 nitrogen and oxygen atoms in total. The summed E-state index contributed by atoms with van der Waals surface area (Å²) in [6.45, 7) is 0. The number of rotatable bonds is 0. The fraction of sp³-hybridized carbons (Fsp3) is 0. The number of para-hydroxylation sites is 3. The number of hydrogen-bond acceptors (Lipinski definition) is 5. The summed E-state index contributed by atoms with van der Waals surface area (Å²) in [4.78, 5) is 9.26. The minimum atomic E-state index is -0.731. The maximum atomic E-state index is 5.95. The molecule has 0 amide bonds. The first kappa shape index (κ1) is 16.8. The van der Waals surface area contributed by atoms with Crippen molar-refractivity contribution < 1.29 is 11.3 Å². The van der Waals surface area contributed by atoms with Gasteiger partial charge in [0.25, 0.3) is 0 Å². The Bertz CT molecular complexity index is 1440. The van der Waals surface area contributed by atoms with Crippen molar-refractivity contribution in [3.05, 3.63) is 85.2 Å². The minimum absolute atomic E-state index is 0.456. The van der Waals surface area contributed by atoms with E-state index in [0.717, 1.165) is 32.9 Å². The summed E-state index contributed by atoms with van der Waals surface area (Å²) in [5, 5.41) is 2.63. The average Bonchev–Trinajstić information content (AvgIpc) is 3.09. The third-order valence-electron chi connectivity index (χ3n) is 4.39. The van der Waals surface area contributed by atoms with Gasteiger partial charge < -0.3 is 0 Å². The summed E-state index contributed by atoms with van der Waals surface area (Å²) in [7, 11) is 0. The van der Waals surface area contributed by atoms with Crippen LogP contribution < -0.4 is 0 Å². The van der Waals surface area contributed by atoms with Crippen LogP contribution in [0.15, 0.2) is 96.5 Å². The first-order valence-electron chi connectivity index (χ1n) is 8.81. The average molecular weight is 381 g/mol. The fourth-order valence-corrected chi connectivity index (χ4v) is 3.69. The van der Waals surface area contributed by atoms with Crippen molar-refractivity contribution in [2.45, 2.75) is 0 Å². The summed E-state index contributed by atoms with van der Waals surface area (Å²) < 4.78 is 17.8. The summed E-state index contributed by atoms with van der Waals surface area (Å²) in [6, 6.07) is 23.2. The van der Waals surface area contributed by atoms with Crippen molar-refractivity contribution >= 4 is 59.6 Å². The van der Waals surface area contributed by atoms with Gasteiger partial charge in [0, 0.05) is 0 Å². The molecular formula is C22H14AlN2O3+. The Morgan fingerprint density at radius 3 is 1.89 bits per heavy atom. The van der Waals surface area contributed by atoms with Crippen LogP contribution in [-0.4, -0.2) is 25.4 Å². The van der Waals surface area contributed by atoms with E-state index in [4.69, 9.17) is 16.3 Å². The second-order valence-corrected chi connectivity index (χ2v) is 6.84. The first-order chi connectivity index (χ1) is 13.9. The Morgan fingerprint density at radius 1 is 0.607 bits per heavy atom. The van der Waals surface area contributed by atoms with Crippen LogP contribution in [0, 0.1) is 0 Å². The van der Waals surface area contributed by atoms with E-state index >= 15 is 0 Å². The summed E-state index contributed by atoms with van der Waals surface area (Å²) >= 11 is -0.731. The molecule has 0 aliphatic heterocycles. The molecule has 0 N–H and O–H groups in total. The zero-order chi connectivity index (χ0) is 18.8. The summed E-state index contributed by atoms with van der Waals surface area (Å²) in [5.74, 6) is 0. The van der Waals surface area contributed by atoms with Gasteiger partial charge in [0.1, 0.15) is 0 Å². The summed E-state index contributed by atoms with van der Waals surface area (Å²) in [6.07, 6.45) is 3.51. The van der Waals surface area contributed by atoms with Gasteiger partial charge in [-0.3, -0.25) is 0 Å². The van der Waals surface area contributed by atoms with Gasteiger partial charge in [-0.25, -0.2) is 0 Å². The molecule has 132 valence electrons. The number of hydrogen-bond donors (Lipinski definition) is 0. The molecule has 3 aromatic carbocycles. The Balaban J connectivity index is 1.99. The molecule has 0 aliphatic carbocycles. The number of benzene rings is 3. The molecule has 5 rings (SSSR count). The van der Waals surface area contributed by atoms with Gasteiger partial charge in [-0.1, -0.05) is 0 Å². The molecule has 0 fully saturated rings. The van der Waals surface area contributed by atoms with Crippen molar-refractivity contribution in [2.75, 3.05) is 0 Å². The number of nitrogens with zero attached hydrogens (tertiary/aromatic N) is 2. The Kier molecular flexibility index (Phi) is 4.42. The quantitative estimate of drug-likeness (QED) is 0.320. The van der Waals surface area contributed by atoms with Crippen molar-refractivity contribution in [3.8, 4) is 0 Å². The third kappa shape index (κ3) is 3.20. The predicted octanol–water partition coefficient (Wildman–Crippen LogP) is 5.74. The molecule has 0 bridgehead atoms. The third-order valence-corrected chi connectivity index (χ3v) is 5.09. The molecule has 0 radical (unpaired) electrons. The molecule has 2 aromatic heterocycles. The SMILES string of the molecule is c1ccc2[o][Al+][o]c3ccccc3cnc3c(ncc2c1)oc1ccccc13. The van der Waals surface area contributed by atoms with E-state index < -0.39 is 15.5 Å². The number of furan rings is 1. The van der Waals surface area contributed by atoms with Gasteiger partial charge in [-0.05, 0) is 0 Å². The van der Waals surface area contributed by atoms with Crippen molar-refractivity contribution in [1.29, 1.82) is 0 Å². The van der Waals surface area contributed by atoms with E-state index in [1.807, 2.05) is 72.8 Å². The van der Waals surface area contributed by atoms with E-state index in [1.165, 1.54) is 0 Å². The first-order valence-corrected chi connectivity index (χ1v) is 9.75. The van der Waals surface area contributed by atoms with Gasteiger partial charge in [0.2, 0.25) is 0 Å². The van der Waals surface area contributed by atoms with Crippen LogP contribution >= 0.6 is 0 Å². The molecule has 0 unspecified atom stereocenters. The zero-order valence-electron chi connectivity index (χ0n) is 14.8. The molecule has 0 aliphatic rings. The molecule has 6 heteroatoms. The molecular weight excluding hydrogens is 367 g/mol. The van der Waals surface area contributed by atoms with Crippen LogP contribution in [0.2, 0.25) is 0 Å². The predicted molar refractivity (Wildman–Crippen MR) is 110 cm³/mol. The fourth-order valence-electron chi connectivity index (χ4n) is 3.01. The standard InChI is InChI=1S/C22H16N2O3.Al/c25-18-10-4-1-7-15(18)13-23-21-17-9-3-6-12-20(17)27-22(21)24-14-16-8-2-5-11-19(16)26;/h1-14,25-26H;/q;+3/p-2. The molecule has 5 aromatic rings. The van der Waals surface area contributed by atoms with Crippen LogP contribution in [0.3, 0.4) is 0 Å². The van der Waals surface area contributed by atoms with Gasteiger partial charge in [-0.15, -0.1) is 0 Å². The van der Waals surface area contributed by atoms with Crippen molar-refractivity contribution in [3.63, 3.8) is 0 Å². The van der Waals surface area contributed by atoms with Crippen LogP contribution in [-0.2, 0) is 0 Å². The van der Waals surface area contributed by atoms with Crippen LogP contribution in [0.5, 0.6) is 0 Å². The van der Waals surface area contributed by atoms with Crippen molar-refractivity contribution in [2.24, 2.45) is 0 Å². The maximum absolute atomic E-state index is 5.95. The monoisotopic (exact) mass is 381 g/mol. The Labute approximate surface area is 166 Å². The van der Waals surface area contributed by atoms with Gasteiger partial charge in [-0.2, -0.15) is 0 Å². The molecule has 0 atom stereocenters.